The zero-order chi connectivity index (χ0) is 24.4. The van der Waals surface area contributed by atoms with E-state index in [2.05, 4.69) is 10.1 Å². The third kappa shape index (κ3) is 3.48. The number of aromatic nitrogens is 3. The van der Waals surface area contributed by atoms with E-state index in [0.29, 0.717) is 30.2 Å². The first-order valence-electron chi connectivity index (χ1n) is 10.5. The smallest absolute Gasteiger partial charge is 0.417 e. The Bertz CT molecular complexity index is 1360. The highest BCUT2D eigenvalue weighted by atomic mass is 35.5. The number of alkyl halides is 3. The number of ketones is 1. The molecule has 2 aromatic heterocycles. The molecule has 2 aliphatic carbocycles. The zero-order valence-corrected chi connectivity index (χ0v) is 18.2. The SMILES string of the molecule is O=C(O)c1ccc(-n2nc(C(=O)c3c(C(F)(F)F)ccnc3Cl)c3c2C2(CCC3)CC2)c(F)c1. The number of hydrogen-bond donors (Lipinski definition) is 1. The first-order valence-corrected chi connectivity index (χ1v) is 10.8. The van der Waals surface area contributed by atoms with Gasteiger partial charge in [-0.2, -0.15) is 18.3 Å². The highest BCUT2D eigenvalue weighted by Gasteiger charge is 2.51. The number of rotatable bonds is 4. The fourth-order valence-corrected chi connectivity index (χ4v) is 5.01. The number of carbonyl (C=O) groups excluding carboxylic acids is 1. The van der Waals surface area contributed by atoms with E-state index in [1.165, 1.54) is 16.8 Å². The summed E-state index contributed by atoms with van der Waals surface area (Å²) in [5.74, 6) is -3.23. The summed E-state index contributed by atoms with van der Waals surface area (Å²) < 4.78 is 57.1. The number of carboxylic acid groups (broad SMARTS) is 1. The van der Waals surface area contributed by atoms with E-state index >= 15 is 0 Å². The van der Waals surface area contributed by atoms with Crippen LogP contribution in [0.3, 0.4) is 0 Å². The number of nitrogens with zero attached hydrogens (tertiary/aromatic N) is 3. The molecule has 0 amide bonds. The Hall–Kier alpha value is -3.27. The van der Waals surface area contributed by atoms with Gasteiger partial charge in [-0.3, -0.25) is 4.79 Å². The third-order valence-electron chi connectivity index (χ3n) is 6.50. The molecule has 0 bridgehead atoms. The molecule has 2 aliphatic rings. The van der Waals surface area contributed by atoms with E-state index in [-0.39, 0.29) is 22.4 Å². The molecular weight excluding hydrogens is 478 g/mol. The van der Waals surface area contributed by atoms with Gasteiger partial charge in [0.15, 0.2) is 0 Å². The van der Waals surface area contributed by atoms with Crippen molar-refractivity contribution in [3.05, 3.63) is 75.1 Å². The number of carboxylic acids is 1. The Morgan fingerprint density at radius 2 is 1.88 bits per heavy atom. The Balaban J connectivity index is 1.73. The van der Waals surface area contributed by atoms with Crippen molar-refractivity contribution >= 4 is 23.4 Å². The summed E-state index contributed by atoms with van der Waals surface area (Å²) in [7, 11) is 0. The highest BCUT2D eigenvalue weighted by Crippen LogP contribution is 2.56. The van der Waals surface area contributed by atoms with Crippen molar-refractivity contribution in [1.82, 2.24) is 14.8 Å². The Kier molecular flexibility index (Phi) is 5.05. The predicted octanol–water partition coefficient (Wildman–Crippen LogP) is 5.38. The largest absolute Gasteiger partial charge is 0.478 e. The van der Waals surface area contributed by atoms with E-state index in [9.17, 15) is 27.2 Å². The van der Waals surface area contributed by atoms with Crippen molar-refractivity contribution < 1.29 is 32.3 Å². The van der Waals surface area contributed by atoms with Crippen molar-refractivity contribution in [3.63, 3.8) is 0 Å². The summed E-state index contributed by atoms with van der Waals surface area (Å²) in [6, 6.07) is 3.96. The summed E-state index contributed by atoms with van der Waals surface area (Å²) in [5, 5.41) is 12.8. The number of benzene rings is 1. The van der Waals surface area contributed by atoms with Gasteiger partial charge in [0.05, 0.1) is 22.4 Å². The minimum atomic E-state index is -4.85. The number of halogens is 5. The first kappa shape index (κ1) is 22.5. The van der Waals surface area contributed by atoms with Crippen LogP contribution in [0.4, 0.5) is 17.6 Å². The fraction of sp³-hybridized carbons (Fsp3) is 0.304. The molecule has 1 fully saturated rings. The van der Waals surface area contributed by atoms with Gasteiger partial charge >= 0.3 is 12.1 Å². The van der Waals surface area contributed by atoms with Crippen LogP contribution in [0.5, 0.6) is 0 Å². The van der Waals surface area contributed by atoms with E-state index in [1.54, 1.807) is 0 Å². The number of hydrogen-bond acceptors (Lipinski definition) is 4. The Morgan fingerprint density at radius 1 is 1.15 bits per heavy atom. The minimum absolute atomic E-state index is 0.0817. The van der Waals surface area contributed by atoms with Crippen LogP contribution >= 0.6 is 11.6 Å². The molecule has 2 heterocycles. The molecule has 5 rings (SSSR count). The maximum Gasteiger partial charge on any atom is 0.417 e. The molecule has 0 unspecified atom stereocenters. The number of carbonyl (C=O) groups is 2. The van der Waals surface area contributed by atoms with Crippen LogP contribution in [-0.4, -0.2) is 31.6 Å². The van der Waals surface area contributed by atoms with Crippen LogP contribution in [-0.2, 0) is 18.0 Å². The number of aromatic carboxylic acids is 1. The van der Waals surface area contributed by atoms with Crippen molar-refractivity contribution in [2.24, 2.45) is 0 Å². The lowest BCUT2D eigenvalue weighted by molar-refractivity contribution is -0.137. The van der Waals surface area contributed by atoms with Crippen LogP contribution in [0.2, 0.25) is 5.15 Å². The molecule has 3 aromatic rings. The van der Waals surface area contributed by atoms with Gasteiger partial charge in [-0.15, -0.1) is 0 Å². The molecule has 0 atom stereocenters. The lowest BCUT2D eigenvalue weighted by Gasteiger charge is -2.24. The van der Waals surface area contributed by atoms with Crippen molar-refractivity contribution in [2.45, 2.75) is 43.7 Å². The second-order valence-corrected chi connectivity index (χ2v) is 8.90. The monoisotopic (exact) mass is 493 g/mol. The maximum absolute atomic E-state index is 15.0. The topological polar surface area (TPSA) is 85.1 Å². The molecule has 1 N–H and O–H groups in total. The summed E-state index contributed by atoms with van der Waals surface area (Å²) in [6.07, 6.45) is -0.579. The molecule has 1 saturated carbocycles. The van der Waals surface area contributed by atoms with E-state index in [0.717, 1.165) is 31.5 Å². The van der Waals surface area contributed by atoms with Gasteiger partial charge < -0.3 is 5.11 Å². The molecule has 34 heavy (non-hydrogen) atoms. The maximum atomic E-state index is 15.0. The second-order valence-electron chi connectivity index (χ2n) is 8.54. The lowest BCUT2D eigenvalue weighted by atomic mass is 9.82. The molecule has 0 saturated heterocycles. The summed E-state index contributed by atoms with van der Waals surface area (Å²) in [5.41, 5.74) is -1.92. The second kappa shape index (κ2) is 7.63. The molecule has 1 aromatic carbocycles. The molecule has 11 heteroatoms. The van der Waals surface area contributed by atoms with Crippen molar-refractivity contribution in [2.75, 3.05) is 0 Å². The van der Waals surface area contributed by atoms with E-state index in [1.807, 2.05) is 0 Å². The average Bonchev–Trinajstić information content (AvgIpc) is 3.42. The summed E-state index contributed by atoms with van der Waals surface area (Å²) >= 11 is 5.95. The normalized spacial score (nSPS) is 16.4. The van der Waals surface area contributed by atoms with E-state index < -0.39 is 40.0 Å². The third-order valence-corrected chi connectivity index (χ3v) is 6.78. The van der Waals surface area contributed by atoms with Crippen LogP contribution in [0, 0.1) is 5.82 Å². The van der Waals surface area contributed by atoms with Gasteiger partial charge in [0.2, 0.25) is 5.78 Å². The van der Waals surface area contributed by atoms with Crippen LogP contribution < -0.4 is 0 Å². The van der Waals surface area contributed by atoms with Gasteiger partial charge in [0, 0.05) is 17.2 Å². The highest BCUT2D eigenvalue weighted by molar-refractivity contribution is 6.34. The molecule has 1 spiro atoms. The van der Waals surface area contributed by atoms with Crippen molar-refractivity contribution in [3.8, 4) is 5.69 Å². The van der Waals surface area contributed by atoms with E-state index in [4.69, 9.17) is 16.7 Å². The minimum Gasteiger partial charge on any atom is -0.478 e. The molecule has 176 valence electrons. The summed E-state index contributed by atoms with van der Waals surface area (Å²) in [6.45, 7) is 0. The van der Waals surface area contributed by atoms with Gasteiger partial charge in [0.25, 0.3) is 0 Å². The van der Waals surface area contributed by atoms with Crippen molar-refractivity contribution in [1.29, 1.82) is 0 Å². The lowest BCUT2D eigenvalue weighted by Crippen LogP contribution is -2.21. The molecule has 6 nitrogen and oxygen atoms in total. The van der Waals surface area contributed by atoms with Crippen LogP contribution in [0.1, 0.15) is 68.9 Å². The van der Waals surface area contributed by atoms with Gasteiger partial charge in [-0.1, -0.05) is 11.6 Å². The van der Waals surface area contributed by atoms with Crippen LogP contribution in [0.25, 0.3) is 5.69 Å². The van der Waals surface area contributed by atoms with Crippen LogP contribution in [0.15, 0.2) is 30.5 Å². The van der Waals surface area contributed by atoms with Gasteiger partial charge in [0.1, 0.15) is 22.4 Å². The fourth-order valence-electron chi connectivity index (χ4n) is 4.77. The summed E-state index contributed by atoms with van der Waals surface area (Å²) in [4.78, 5) is 28.3. The molecular formula is C23H16ClF4N3O3. The standard InChI is InChI=1S/C23H16ClF4N3O3/c24-20-16(13(5-9-29-20)23(26,27)28)18(32)17-12-2-1-6-22(7-8-22)19(12)31(30-17)15-4-3-11(21(33)34)10-14(15)25/h3-5,9-10H,1-2,6-8H2,(H,33,34). The first-order chi connectivity index (χ1) is 16.0. The predicted molar refractivity (Wildman–Crippen MR) is 112 cm³/mol. The Morgan fingerprint density at radius 3 is 2.50 bits per heavy atom. The Labute approximate surface area is 195 Å². The quantitative estimate of drug-likeness (QED) is 0.300. The molecule has 0 radical (unpaired) electrons. The van der Waals surface area contributed by atoms with Gasteiger partial charge in [-0.05, 0) is 56.4 Å². The number of fused-ring (bicyclic) bond motifs is 2. The van der Waals surface area contributed by atoms with Gasteiger partial charge in [-0.25, -0.2) is 18.9 Å². The number of pyridine rings is 1. The molecule has 0 aliphatic heterocycles. The zero-order valence-electron chi connectivity index (χ0n) is 17.4. The average molecular weight is 494 g/mol.